The number of aromatic hydroxyl groups is 1. The van der Waals surface area contributed by atoms with E-state index >= 15 is 0 Å². The van der Waals surface area contributed by atoms with Crippen molar-refractivity contribution in [1.29, 1.82) is 0 Å². The number of carbonyl (C=O) groups excluding carboxylic acids is 2. The summed E-state index contributed by atoms with van der Waals surface area (Å²) >= 11 is 0. The summed E-state index contributed by atoms with van der Waals surface area (Å²) in [4.78, 5) is 29.2. The molecule has 3 heterocycles. The highest BCUT2D eigenvalue weighted by Gasteiger charge is 2.30. The van der Waals surface area contributed by atoms with Crippen LogP contribution in [0.25, 0.3) is 32.7 Å². The van der Waals surface area contributed by atoms with E-state index in [1.807, 2.05) is 103 Å². The molecule has 0 aliphatic carbocycles. The Morgan fingerprint density at radius 3 is 2.26 bits per heavy atom. The van der Waals surface area contributed by atoms with Crippen LogP contribution in [0.5, 0.6) is 28.9 Å². The van der Waals surface area contributed by atoms with E-state index in [1.54, 1.807) is 28.8 Å². The number of aromatic nitrogens is 1. The van der Waals surface area contributed by atoms with Crippen LogP contribution in [0.2, 0.25) is 0 Å². The van der Waals surface area contributed by atoms with Crippen LogP contribution in [0.15, 0.2) is 138 Å². The Kier molecular flexibility index (Phi) is 15.0. The SMILES string of the molecule is CCN(CCOCCC1CNCCN1c1cccc2c(O)n(C3CC(=O)NC(=O)C3)cc12)CCOc1ccc(Oc2c(-c3ccc(S(C)(=O)=O)cc3)ccc3cc(OCc4ccccc4)ccc23)cc1. The van der Waals surface area contributed by atoms with E-state index in [2.05, 4.69) is 33.4 Å². The molecule has 0 bridgehead atoms. The van der Waals surface area contributed by atoms with E-state index in [4.69, 9.17) is 18.9 Å². The number of imide groups is 1. The van der Waals surface area contributed by atoms with Crippen LogP contribution in [0.1, 0.15) is 37.8 Å². The first-order valence-electron chi connectivity index (χ1n) is 23.9. The van der Waals surface area contributed by atoms with Crippen molar-refractivity contribution in [3.63, 3.8) is 0 Å². The quantitative estimate of drug-likeness (QED) is 0.0495. The zero-order valence-electron chi connectivity index (χ0n) is 39.5. The van der Waals surface area contributed by atoms with Gasteiger partial charge in [0, 0.05) is 98.1 Å². The fraction of sp³-hybridized carbons (Fsp3) is 0.309. The maximum atomic E-state index is 12.2. The Labute approximate surface area is 408 Å². The Balaban J connectivity index is 0.781. The first-order valence-corrected chi connectivity index (χ1v) is 25.8. The lowest BCUT2D eigenvalue weighted by Crippen LogP contribution is -2.52. The lowest BCUT2D eigenvalue weighted by molar-refractivity contribution is -0.134. The molecule has 3 N–H and O–H groups in total. The average Bonchev–Trinajstić information content (AvgIpc) is 3.71. The molecule has 0 spiro atoms. The van der Waals surface area contributed by atoms with Gasteiger partial charge in [0.1, 0.15) is 36.2 Å². The Hall–Kier alpha value is -6.91. The molecule has 0 saturated carbocycles. The highest BCUT2D eigenvalue weighted by molar-refractivity contribution is 7.90. The zero-order valence-corrected chi connectivity index (χ0v) is 40.3. The van der Waals surface area contributed by atoms with Crippen LogP contribution in [0.4, 0.5) is 5.69 Å². The van der Waals surface area contributed by atoms with Crippen LogP contribution >= 0.6 is 0 Å². The number of amides is 2. The lowest BCUT2D eigenvalue weighted by Gasteiger charge is -2.38. The Morgan fingerprint density at radius 1 is 0.757 bits per heavy atom. The molecular weight excluding hydrogens is 907 g/mol. The summed E-state index contributed by atoms with van der Waals surface area (Å²) in [6.45, 7) is 9.01. The monoisotopic (exact) mass is 965 g/mol. The number of hydrogen-bond acceptors (Lipinski definition) is 12. The van der Waals surface area contributed by atoms with Gasteiger partial charge in [0.2, 0.25) is 11.8 Å². The van der Waals surface area contributed by atoms with Gasteiger partial charge in [-0.1, -0.05) is 61.5 Å². The average molecular weight is 966 g/mol. The minimum Gasteiger partial charge on any atom is -0.494 e. The number of sulfone groups is 1. The third-order valence-electron chi connectivity index (χ3n) is 13.1. The summed E-state index contributed by atoms with van der Waals surface area (Å²) in [7, 11) is -3.36. The standard InChI is InChI=1S/C55H59N5O9S/c1-3-58(27-30-66-29-24-41-35-56-25-26-59(41)51-11-7-10-49-50(51)36-60(55(49)63)42-33-52(61)57-53(62)34-42)28-31-67-43-15-17-44(18-16-43)69-54-47(39-12-20-46(21-13-39)70(2,64)65)22-14-40-32-45(19-23-48(40)54)68-37-38-8-5-4-6-9-38/h4-23,32,36,41-42,56,63H,3,24-31,33-35,37H2,1-2H3,(H,57,61,62). The van der Waals surface area contributed by atoms with E-state index in [-0.39, 0.29) is 41.5 Å². The third kappa shape index (κ3) is 11.4. The molecule has 9 rings (SSSR count). The van der Waals surface area contributed by atoms with E-state index in [1.165, 1.54) is 6.26 Å². The van der Waals surface area contributed by atoms with E-state index < -0.39 is 15.9 Å². The van der Waals surface area contributed by atoms with Gasteiger partial charge in [0.15, 0.2) is 15.7 Å². The van der Waals surface area contributed by atoms with E-state index in [0.717, 1.165) is 95.7 Å². The van der Waals surface area contributed by atoms with Gasteiger partial charge in [0.05, 0.1) is 17.5 Å². The number of nitrogens with one attached hydrogen (secondary N) is 2. The maximum absolute atomic E-state index is 12.2. The van der Waals surface area contributed by atoms with Gasteiger partial charge in [-0.15, -0.1) is 0 Å². The molecule has 2 amide bonds. The summed E-state index contributed by atoms with van der Waals surface area (Å²) in [5.41, 5.74) is 3.73. The van der Waals surface area contributed by atoms with Gasteiger partial charge < -0.3 is 38.8 Å². The van der Waals surface area contributed by atoms with Crippen LogP contribution in [0, 0.1) is 0 Å². The van der Waals surface area contributed by atoms with Crippen LogP contribution in [-0.4, -0.2) is 106 Å². The van der Waals surface area contributed by atoms with Crippen molar-refractivity contribution in [2.24, 2.45) is 0 Å². The van der Waals surface area contributed by atoms with Crippen molar-refractivity contribution in [1.82, 2.24) is 20.1 Å². The Bertz CT molecular complexity index is 3040. The van der Waals surface area contributed by atoms with Crippen molar-refractivity contribution in [2.45, 2.75) is 49.8 Å². The number of ether oxygens (including phenoxy) is 4. The number of carbonyl (C=O) groups is 2. The van der Waals surface area contributed by atoms with Crippen LogP contribution in [0.3, 0.4) is 0 Å². The predicted molar refractivity (Wildman–Crippen MR) is 272 cm³/mol. The maximum Gasteiger partial charge on any atom is 0.228 e. The van der Waals surface area contributed by atoms with Crippen molar-refractivity contribution in [3.05, 3.63) is 139 Å². The topological polar surface area (TPSA) is 161 Å². The number of benzene rings is 6. The highest BCUT2D eigenvalue weighted by Crippen LogP contribution is 2.42. The molecule has 2 aliphatic rings. The highest BCUT2D eigenvalue weighted by atomic mass is 32.2. The van der Waals surface area contributed by atoms with Gasteiger partial charge in [0.25, 0.3) is 0 Å². The number of nitrogens with zero attached hydrogens (tertiary/aromatic N) is 3. The molecule has 6 aromatic carbocycles. The largest absolute Gasteiger partial charge is 0.494 e. The second-order valence-corrected chi connectivity index (χ2v) is 19.9. The molecule has 15 heteroatoms. The summed E-state index contributed by atoms with van der Waals surface area (Å²) in [5.74, 6) is 2.12. The first-order chi connectivity index (χ1) is 34.0. The number of fused-ring (bicyclic) bond motifs is 2. The second-order valence-electron chi connectivity index (χ2n) is 17.8. The van der Waals surface area contributed by atoms with Crippen molar-refractivity contribution < 1.29 is 42.1 Å². The molecule has 1 unspecified atom stereocenters. The molecule has 1 atom stereocenters. The third-order valence-corrected chi connectivity index (χ3v) is 14.2. The summed E-state index contributed by atoms with van der Waals surface area (Å²) in [6, 6.07) is 40.0. The molecule has 2 fully saturated rings. The summed E-state index contributed by atoms with van der Waals surface area (Å²) < 4.78 is 51.4. The second kappa shape index (κ2) is 21.8. The Morgan fingerprint density at radius 2 is 1.50 bits per heavy atom. The molecule has 7 aromatic rings. The molecule has 2 saturated heterocycles. The summed E-state index contributed by atoms with van der Waals surface area (Å²) in [5, 5.41) is 20.5. The molecule has 14 nitrogen and oxygen atoms in total. The van der Waals surface area contributed by atoms with Crippen molar-refractivity contribution in [2.75, 3.05) is 70.2 Å². The predicted octanol–water partition coefficient (Wildman–Crippen LogP) is 8.51. The minimum atomic E-state index is -3.36. The van der Waals surface area contributed by atoms with Gasteiger partial charge in [-0.05, 0) is 102 Å². The lowest BCUT2D eigenvalue weighted by atomic mass is 9.99. The summed E-state index contributed by atoms with van der Waals surface area (Å²) in [6.07, 6.45) is 4.17. The van der Waals surface area contributed by atoms with Crippen LogP contribution in [-0.2, 0) is 30.8 Å². The minimum absolute atomic E-state index is 0.0701. The number of piperazine rings is 1. The fourth-order valence-corrected chi connectivity index (χ4v) is 9.96. The van der Waals surface area contributed by atoms with E-state index in [9.17, 15) is 23.1 Å². The van der Waals surface area contributed by atoms with Crippen molar-refractivity contribution in [3.8, 4) is 40.0 Å². The number of anilines is 1. The van der Waals surface area contributed by atoms with Gasteiger partial charge in [-0.2, -0.15) is 0 Å². The fourth-order valence-electron chi connectivity index (χ4n) is 9.33. The number of piperidine rings is 1. The smallest absolute Gasteiger partial charge is 0.228 e. The molecule has 2 aliphatic heterocycles. The van der Waals surface area contributed by atoms with Gasteiger partial charge in [-0.3, -0.25) is 19.8 Å². The molecular formula is C55H59N5O9S. The number of hydrogen-bond donors (Lipinski definition) is 3. The molecule has 0 radical (unpaired) electrons. The van der Waals surface area contributed by atoms with Gasteiger partial charge in [-0.25, -0.2) is 8.42 Å². The first kappa shape index (κ1) is 48.1. The van der Waals surface area contributed by atoms with Gasteiger partial charge >= 0.3 is 0 Å². The zero-order chi connectivity index (χ0) is 48.6. The molecule has 364 valence electrons. The van der Waals surface area contributed by atoms with Crippen LogP contribution < -0.4 is 29.7 Å². The van der Waals surface area contributed by atoms with Crippen molar-refractivity contribution >= 4 is 48.9 Å². The molecule has 1 aromatic heterocycles. The number of rotatable bonds is 20. The normalized spacial score (nSPS) is 15.7. The van der Waals surface area contributed by atoms with E-state index in [0.29, 0.717) is 43.3 Å². The number of likely N-dealkylation sites (N-methyl/N-ethyl adjacent to an activating group) is 1. The molecule has 70 heavy (non-hydrogen) atoms.